The highest BCUT2D eigenvalue weighted by atomic mass is 79.9. The van der Waals surface area contributed by atoms with Gasteiger partial charge in [-0.3, -0.25) is 19.7 Å². The lowest BCUT2D eigenvalue weighted by molar-refractivity contribution is -0.384. The van der Waals surface area contributed by atoms with Gasteiger partial charge in [0.05, 0.1) is 34.1 Å². The number of amides is 2. The average Bonchev–Trinajstić information content (AvgIpc) is 3.55. The predicted octanol–water partition coefficient (Wildman–Crippen LogP) is 5.24. The van der Waals surface area contributed by atoms with Crippen molar-refractivity contribution < 1.29 is 24.0 Å². The van der Waals surface area contributed by atoms with Crippen LogP contribution in [0.3, 0.4) is 0 Å². The Labute approximate surface area is 223 Å². The van der Waals surface area contributed by atoms with Crippen LogP contribution in [-0.2, 0) is 16.2 Å². The molecule has 5 rings (SSSR count). The number of rotatable bonds is 8. The monoisotopic (exact) mass is 617 g/mol. The van der Waals surface area contributed by atoms with E-state index < -0.39 is 4.92 Å². The van der Waals surface area contributed by atoms with Crippen molar-refractivity contribution in [2.45, 2.75) is 20.0 Å². The van der Waals surface area contributed by atoms with Gasteiger partial charge in [-0.05, 0) is 68.7 Å². The van der Waals surface area contributed by atoms with E-state index in [9.17, 15) is 19.7 Å². The van der Waals surface area contributed by atoms with Crippen molar-refractivity contribution in [3.05, 3.63) is 72.7 Å². The molecule has 0 N–H and O–H groups in total. The molecule has 1 saturated heterocycles. The zero-order valence-electron chi connectivity index (χ0n) is 19.1. The van der Waals surface area contributed by atoms with Gasteiger partial charge in [-0.25, -0.2) is 0 Å². The summed E-state index contributed by atoms with van der Waals surface area (Å²) in [6.45, 7) is 2.27. The summed E-state index contributed by atoms with van der Waals surface area (Å²) in [5, 5.41) is 16.3. The molecule has 36 heavy (non-hydrogen) atoms. The molecule has 0 aromatic heterocycles. The molecule has 1 heterocycles. The number of benzene rings is 2. The van der Waals surface area contributed by atoms with Crippen molar-refractivity contribution in [3.8, 4) is 11.5 Å². The number of halogens is 2. The standard InChI is InChI=1S/C25H21Br2N3O6/c1-2-35-18-10-16(11-28-29-24(31)19-14-6-7-15(9-14)20(19)25(29)32)21(26)22(27)23(18)36-12-13-4-3-5-17(8-13)30(33)34/h3-8,10-11,14-15,19-20H,2,9,12H2,1H3/t14-,15-,19-,20+/m0/s1. The van der Waals surface area contributed by atoms with Crippen LogP contribution in [0, 0.1) is 33.8 Å². The third-order valence-corrected chi connectivity index (χ3v) is 8.86. The normalized spacial score (nSPS) is 24.1. The van der Waals surface area contributed by atoms with Gasteiger partial charge in [0.2, 0.25) is 0 Å². The van der Waals surface area contributed by atoms with Crippen LogP contribution in [0.2, 0.25) is 0 Å². The lowest BCUT2D eigenvalue weighted by atomic mass is 9.85. The molecule has 2 aromatic carbocycles. The van der Waals surface area contributed by atoms with Gasteiger partial charge in [-0.15, -0.1) is 0 Å². The maximum absolute atomic E-state index is 12.9. The lowest BCUT2D eigenvalue weighted by Gasteiger charge is -2.17. The smallest absolute Gasteiger partial charge is 0.269 e. The number of carbonyl (C=O) groups excluding carboxylic acids is 2. The predicted molar refractivity (Wildman–Crippen MR) is 138 cm³/mol. The number of non-ortho nitro benzene ring substituents is 1. The molecule has 2 aromatic rings. The molecule has 2 amide bonds. The van der Waals surface area contributed by atoms with E-state index in [0.717, 1.165) is 11.4 Å². The number of nitro groups is 1. The van der Waals surface area contributed by atoms with Gasteiger partial charge in [0.25, 0.3) is 17.5 Å². The first kappa shape index (κ1) is 24.6. The summed E-state index contributed by atoms with van der Waals surface area (Å²) in [6, 6.07) is 7.90. The van der Waals surface area contributed by atoms with Gasteiger partial charge in [0.1, 0.15) is 6.61 Å². The van der Waals surface area contributed by atoms with E-state index in [1.54, 1.807) is 18.2 Å². The fourth-order valence-electron chi connectivity index (χ4n) is 5.13. The molecule has 2 aliphatic carbocycles. The summed E-state index contributed by atoms with van der Waals surface area (Å²) in [5.74, 6) is -0.0954. The number of allylic oxidation sites excluding steroid dienone is 2. The van der Waals surface area contributed by atoms with Crippen LogP contribution < -0.4 is 9.47 Å². The second-order valence-corrected chi connectivity index (χ2v) is 10.4. The molecule has 2 fully saturated rings. The summed E-state index contributed by atoms with van der Waals surface area (Å²) < 4.78 is 12.9. The number of carbonyl (C=O) groups is 2. The average molecular weight is 619 g/mol. The number of hydrogen-bond acceptors (Lipinski definition) is 7. The number of ether oxygens (including phenoxy) is 2. The molecule has 0 unspecified atom stereocenters. The Morgan fingerprint density at radius 3 is 2.44 bits per heavy atom. The molecule has 4 atom stereocenters. The number of nitrogens with zero attached hydrogens (tertiary/aromatic N) is 3. The number of nitro benzene ring substituents is 1. The van der Waals surface area contributed by atoms with E-state index in [1.165, 1.54) is 18.3 Å². The first-order valence-electron chi connectivity index (χ1n) is 11.4. The third kappa shape index (κ3) is 4.24. The summed E-state index contributed by atoms with van der Waals surface area (Å²) in [4.78, 5) is 36.4. The maximum atomic E-state index is 12.9. The molecular weight excluding hydrogens is 598 g/mol. The largest absolute Gasteiger partial charge is 0.490 e. The van der Waals surface area contributed by atoms with Crippen molar-refractivity contribution in [2.24, 2.45) is 28.8 Å². The second kappa shape index (κ2) is 9.78. The minimum absolute atomic E-state index is 0.0214. The van der Waals surface area contributed by atoms with Gasteiger partial charge in [-0.2, -0.15) is 10.1 Å². The molecule has 0 radical (unpaired) electrons. The van der Waals surface area contributed by atoms with Crippen molar-refractivity contribution >= 4 is 55.6 Å². The molecule has 11 heteroatoms. The van der Waals surface area contributed by atoms with E-state index in [0.29, 0.717) is 38.2 Å². The van der Waals surface area contributed by atoms with Gasteiger partial charge in [0, 0.05) is 22.2 Å². The van der Waals surface area contributed by atoms with Gasteiger partial charge in [0.15, 0.2) is 11.5 Å². The lowest BCUT2D eigenvalue weighted by Crippen LogP contribution is -2.28. The van der Waals surface area contributed by atoms with Crippen LogP contribution in [0.4, 0.5) is 5.69 Å². The van der Waals surface area contributed by atoms with E-state index in [2.05, 4.69) is 37.0 Å². The van der Waals surface area contributed by atoms with Crippen LogP contribution in [-0.4, -0.2) is 34.6 Å². The quantitative estimate of drug-likeness (QED) is 0.132. The number of hydrogen-bond donors (Lipinski definition) is 0. The Bertz CT molecular complexity index is 1300. The third-order valence-electron chi connectivity index (χ3n) is 6.72. The molecule has 1 aliphatic heterocycles. The van der Waals surface area contributed by atoms with E-state index >= 15 is 0 Å². The number of hydrazone groups is 1. The topological polar surface area (TPSA) is 111 Å². The Balaban J connectivity index is 1.38. The first-order valence-corrected chi connectivity index (χ1v) is 13.0. The highest BCUT2D eigenvalue weighted by molar-refractivity contribution is 9.13. The van der Waals surface area contributed by atoms with Crippen molar-refractivity contribution in [3.63, 3.8) is 0 Å². The highest BCUT2D eigenvalue weighted by Crippen LogP contribution is 2.52. The Kier molecular flexibility index (Phi) is 6.69. The van der Waals surface area contributed by atoms with Gasteiger partial charge < -0.3 is 9.47 Å². The van der Waals surface area contributed by atoms with Gasteiger partial charge >= 0.3 is 0 Å². The summed E-state index contributed by atoms with van der Waals surface area (Å²) in [7, 11) is 0. The van der Waals surface area contributed by atoms with Crippen molar-refractivity contribution in [1.82, 2.24) is 5.01 Å². The minimum atomic E-state index is -0.458. The van der Waals surface area contributed by atoms with Crippen molar-refractivity contribution in [1.29, 1.82) is 0 Å². The minimum Gasteiger partial charge on any atom is -0.490 e. The molecule has 3 aliphatic rings. The molecular formula is C25H21Br2N3O6. The van der Waals surface area contributed by atoms with E-state index in [-0.39, 0.29) is 47.8 Å². The summed E-state index contributed by atoms with van der Waals surface area (Å²) >= 11 is 7.06. The van der Waals surface area contributed by atoms with Crippen LogP contribution in [0.25, 0.3) is 0 Å². The summed E-state index contributed by atoms with van der Waals surface area (Å²) in [6.07, 6.45) is 6.39. The summed E-state index contributed by atoms with van der Waals surface area (Å²) in [5.41, 5.74) is 1.18. The number of fused-ring (bicyclic) bond motifs is 5. The maximum Gasteiger partial charge on any atom is 0.269 e. The molecule has 2 bridgehead atoms. The zero-order valence-corrected chi connectivity index (χ0v) is 22.3. The SMILES string of the molecule is CCOc1cc(C=NN2C(=O)[C@@H]3[C@H](C2=O)[C@H]2C=C[C@H]3C2)c(Br)c(Br)c1OCc1cccc([N+](=O)[O-])c1. The van der Waals surface area contributed by atoms with E-state index in [1.807, 2.05) is 19.1 Å². The van der Waals surface area contributed by atoms with E-state index in [4.69, 9.17) is 9.47 Å². The molecule has 186 valence electrons. The Morgan fingerprint density at radius 2 is 1.81 bits per heavy atom. The Hall–Kier alpha value is -3.05. The zero-order chi connectivity index (χ0) is 25.6. The molecule has 1 saturated carbocycles. The second-order valence-electron chi connectivity index (χ2n) is 8.80. The fraction of sp³-hybridized carbons (Fsp3) is 0.320. The van der Waals surface area contributed by atoms with Crippen LogP contribution in [0.1, 0.15) is 24.5 Å². The highest BCUT2D eigenvalue weighted by Gasteiger charge is 2.59. The molecule has 9 nitrogen and oxygen atoms in total. The van der Waals surface area contributed by atoms with Crippen LogP contribution in [0.15, 0.2) is 56.5 Å². The van der Waals surface area contributed by atoms with Crippen LogP contribution >= 0.6 is 31.9 Å². The van der Waals surface area contributed by atoms with Crippen LogP contribution in [0.5, 0.6) is 11.5 Å². The molecule has 0 spiro atoms. The Morgan fingerprint density at radius 1 is 1.11 bits per heavy atom. The van der Waals surface area contributed by atoms with Gasteiger partial charge in [-0.1, -0.05) is 24.3 Å². The first-order chi connectivity index (χ1) is 17.3. The fourth-order valence-corrected chi connectivity index (χ4v) is 6.07. The number of imide groups is 1. The van der Waals surface area contributed by atoms with Crippen molar-refractivity contribution in [2.75, 3.05) is 6.61 Å².